The van der Waals surface area contributed by atoms with Gasteiger partial charge >= 0.3 is 0 Å². The zero-order valence-corrected chi connectivity index (χ0v) is 15.0. The van der Waals surface area contributed by atoms with Crippen molar-refractivity contribution in [2.75, 3.05) is 10.6 Å². The van der Waals surface area contributed by atoms with Crippen molar-refractivity contribution in [3.8, 4) is 11.3 Å². The molecule has 4 rings (SSSR count). The minimum absolute atomic E-state index is 0.290. The van der Waals surface area contributed by atoms with E-state index in [0.29, 0.717) is 23.5 Å². The quantitative estimate of drug-likeness (QED) is 0.655. The number of rotatable bonds is 5. The summed E-state index contributed by atoms with van der Waals surface area (Å²) in [4.78, 5) is 13.5. The van der Waals surface area contributed by atoms with E-state index in [4.69, 9.17) is 0 Å². The van der Waals surface area contributed by atoms with Crippen molar-refractivity contribution in [1.29, 1.82) is 0 Å². The number of anilines is 3. The Morgan fingerprint density at radius 2 is 1.85 bits per heavy atom. The lowest BCUT2D eigenvalue weighted by Gasteiger charge is -2.23. The predicted molar refractivity (Wildman–Crippen MR) is 105 cm³/mol. The Morgan fingerprint density at radius 3 is 2.63 bits per heavy atom. The van der Waals surface area contributed by atoms with Gasteiger partial charge in [-0.3, -0.25) is 4.98 Å². The lowest BCUT2D eigenvalue weighted by Crippen LogP contribution is -2.23. The number of hydrogen-bond acceptors (Lipinski definition) is 5. The average Bonchev–Trinajstić information content (AvgIpc) is 2.69. The lowest BCUT2D eigenvalue weighted by molar-refractivity contribution is 0.461. The van der Waals surface area contributed by atoms with E-state index >= 15 is 0 Å². The minimum Gasteiger partial charge on any atom is -0.351 e. The van der Waals surface area contributed by atoms with Crippen molar-refractivity contribution in [2.45, 2.75) is 38.1 Å². The van der Waals surface area contributed by atoms with Crippen molar-refractivity contribution >= 4 is 17.5 Å². The van der Waals surface area contributed by atoms with Gasteiger partial charge < -0.3 is 10.6 Å². The molecule has 0 aliphatic heterocycles. The molecule has 2 N–H and O–H groups in total. The third-order valence-electron chi connectivity index (χ3n) is 4.72. The van der Waals surface area contributed by atoms with Gasteiger partial charge in [0.15, 0.2) is 0 Å². The van der Waals surface area contributed by atoms with E-state index in [0.717, 1.165) is 24.1 Å². The van der Waals surface area contributed by atoms with Crippen LogP contribution in [0.1, 0.15) is 32.1 Å². The molecule has 1 fully saturated rings. The Bertz CT molecular complexity index is 894. The molecule has 2 aromatic heterocycles. The number of halogens is 1. The molecule has 1 aliphatic rings. The first kappa shape index (κ1) is 17.4. The number of nitrogens with one attached hydrogen (secondary N) is 2. The molecular weight excluding hydrogens is 341 g/mol. The summed E-state index contributed by atoms with van der Waals surface area (Å²) in [6.07, 6.45) is 9.53. The van der Waals surface area contributed by atoms with Gasteiger partial charge in [-0.1, -0.05) is 25.3 Å². The highest BCUT2D eigenvalue weighted by atomic mass is 19.1. The summed E-state index contributed by atoms with van der Waals surface area (Å²) in [6.45, 7) is 0. The second-order valence-corrected chi connectivity index (χ2v) is 6.82. The van der Waals surface area contributed by atoms with Gasteiger partial charge in [0.25, 0.3) is 0 Å². The zero-order chi connectivity index (χ0) is 18.5. The van der Waals surface area contributed by atoms with E-state index in [1.807, 2.05) is 24.3 Å². The van der Waals surface area contributed by atoms with E-state index in [-0.39, 0.29) is 5.82 Å². The van der Waals surface area contributed by atoms with Crippen LogP contribution in [0.4, 0.5) is 21.8 Å². The number of hydrogen-bond donors (Lipinski definition) is 2. The maximum absolute atomic E-state index is 13.5. The van der Waals surface area contributed by atoms with Crippen LogP contribution in [0.25, 0.3) is 11.3 Å². The van der Waals surface area contributed by atoms with Gasteiger partial charge in [-0.25, -0.2) is 9.37 Å². The fourth-order valence-corrected chi connectivity index (χ4v) is 3.38. The van der Waals surface area contributed by atoms with Crippen molar-refractivity contribution < 1.29 is 4.39 Å². The highest BCUT2D eigenvalue weighted by Crippen LogP contribution is 2.25. The van der Waals surface area contributed by atoms with Gasteiger partial charge in [-0.15, -0.1) is 0 Å². The summed E-state index contributed by atoms with van der Waals surface area (Å²) in [5.41, 5.74) is 2.33. The van der Waals surface area contributed by atoms with Gasteiger partial charge in [0.1, 0.15) is 11.6 Å². The molecule has 1 saturated carbocycles. The molecule has 138 valence electrons. The fourth-order valence-electron chi connectivity index (χ4n) is 3.38. The third-order valence-corrected chi connectivity index (χ3v) is 4.72. The van der Waals surface area contributed by atoms with E-state index in [1.165, 1.54) is 31.4 Å². The Kier molecular flexibility index (Phi) is 5.23. The topological polar surface area (TPSA) is 62.7 Å². The van der Waals surface area contributed by atoms with E-state index < -0.39 is 0 Å². The van der Waals surface area contributed by atoms with Gasteiger partial charge in [-0.05, 0) is 43.2 Å². The van der Waals surface area contributed by atoms with Gasteiger partial charge in [-0.2, -0.15) is 4.98 Å². The molecule has 0 radical (unpaired) electrons. The van der Waals surface area contributed by atoms with Gasteiger partial charge in [0.05, 0.1) is 5.69 Å². The van der Waals surface area contributed by atoms with E-state index in [2.05, 4.69) is 25.6 Å². The van der Waals surface area contributed by atoms with Crippen LogP contribution in [0, 0.1) is 5.82 Å². The number of aromatic nitrogens is 3. The minimum atomic E-state index is -0.290. The van der Waals surface area contributed by atoms with E-state index in [9.17, 15) is 4.39 Å². The summed E-state index contributed by atoms with van der Waals surface area (Å²) in [7, 11) is 0. The van der Waals surface area contributed by atoms with Gasteiger partial charge in [0, 0.05) is 35.8 Å². The average molecular weight is 363 g/mol. The van der Waals surface area contributed by atoms with Crippen LogP contribution < -0.4 is 10.6 Å². The third kappa shape index (κ3) is 4.58. The molecule has 0 bridgehead atoms. The smallest absolute Gasteiger partial charge is 0.225 e. The molecule has 0 atom stereocenters. The monoisotopic (exact) mass is 363 g/mol. The Hall–Kier alpha value is -3.02. The maximum Gasteiger partial charge on any atom is 0.225 e. The number of nitrogens with zero attached hydrogens (tertiary/aromatic N) is 3. The Morgan fingerprint density at radius 1 is 0.963 bits per heavy atom. The first-order chi connectivity index (χ1) is 13.3. The number of benzene rings is 1. The van der Waals surface area contributed by atoms with Crippen molar-refractivity contribution in [3.05, 3.63) is 60.7 Å². The van der Waals surface area contributed by atoms with Crippen LogP contribution in [-0.4, -0.2) is 21.0 Å². The molecule has 0 saturated heterocycles. The van der Waals surface area contributed by atoms with Gasteiger partial charge in [0.2, 0.25) is 5.95 Å². The van der Waals surface area contributed by atoms with Crippen LogP contribution in [0.2, 0.25) is 0 Å². The largest absolute Gasteiger partial charge is 0.351 e. The van der Waals surface area contributed by atoms with E-state index in [1.54, 1.807) is 18.5 Å². The van der Waals surface area contributed by atoms with Crippen molar-refractivity contribution in [1.82, 2.24) is 15.0 Å². The first-order valence-electron chi connectivity index (χ1n) is 9.35. The predicted octanol–water partition coefficient (Wildman–Crippen LogP) is 5.17. The first-order valence-corrected chi connectivity index (χ1v) is 9.35. The maximum atomic E-state index is 13.5. The second-order valence-electron chi connectivity index (χ2n) is 6.82. The molecule has 3 aromatic rings. The normalized spacial score (nSPS) is 14.7. The summed E-state index contributed by atoms with van der Waals surface area (Å²) in [5, 5.41) is 6.65. The molecule has 2 heterocycles. The standard InChI is InChI=1S/C21H22FN5/c22-16-7-4-10-18(12-16)24-20-13-19(15-6-5-11-23-14-15)26-21(27-20)25-17-8-2-1-3-9-17/h4-7,10-14,17H,1-3,8-9H2,(H2,24,25,26,27). The summed E-state index contributed by atoms with van der Waals surface area (Å²) < 4.78 is 13.5. The lowest BCUT2D eigenvalue weighted by atomic mass is 9.96. The Balaban J connectivity index is 1.65. The molecule has 1 aromatic carbocycles. The molecule has 0 unspecified atom stereocenters. The van der Waals surface area contributed by atoms with Crippen molar-refractivity contribution in [3.63, 3.8) is 0 Å². The fraction of sp³-hybridized carbons (Fsp3) is 0.286. The Labute approximate surface area is 158 Å². The van der Waals surface area contributed by atoms with Crippen LogP contribution in [0.5, 0.6) is 0 Å². The molecular formula is C21H22FN5. The zero-order valence-electron chi connectivity index (χ0n) is 15.0. The summed E-state index contributed by atoms with van der Waals surface area (Å²) >= 11 is 0. The van der Waals surface area contributed by atoms with Crippen LogP contribution in [0.15, 0.2) is 54.9 Å². The molecule has 0 amide bonds. The van der Waals surface area contributed by atoms with Crippen LogP contribution in [0.3, 0.4) is 0 Å². The summed E-state index contributed by atoms with van der Waals surface area (Å²) in [5.74, 6) is 0.914. The molecule has 5 nitrogen and oxygen atoms in total. The highest BCUT2D eigenvalue weighted by molar-refractivity contribution is 5.66. The van der Waals surface area contributed by atoms with Crippen LogP contribution in [-0.2, 0) is 0 Å². The van der Waals surface area contributed by atoms with Crippen molar-refractivity contribution in [2.24, 2.45) is 0 Å². The summed E-state index contributed by atoms with van der Waals surface area (Å²) in [6, 6.07) is 12.4. The molecule has 27 heavy (non-hydrogen) atoms. The highest BCUT2D eigenvalue weighted by Gasteiger charge is 2.15. The second kappa shape index (κ2) is 8.12. The molecule has 6 heteroatoms. The SMILES string of the molecule is Fc1cccc(Nc2cc(-c3cccnc3)nc(NC3CCCCC3)n2)c1. The van der Waals surface area contributed by atoms with Crippen LogP contribution >= 0.6 is 0 Å². The number of pyridine rings is 1. The molecule has 1 aliphatic carbocycles. The molecule has 0 spiro atoms.